The number of rotatable bonds is 6. The van der Waals surface area contributed by atoms with Crippen molar-refractivity contribution in [2.24, 2.45) is 12.0 Å². The van der Waals surface area contributed by atoms with Gasteiger partial charge in [-0.1, -0.05) is 0 Å². The highest BCUT2D eigenvalue weighted by Crippen LogP contribution is 2.24. The van der Waals surface area contributed by atoms with Crippen LogP contribution in [0.5, 0.6) is 0 Å². The predicted octanol–water partition coefficient (Wildman–Crippen LogP) is 2.54. The van der Waals surface area contributed by atoms with Crippen LogP contribution in [0.1, 0.15) is 24.4 Å². The zero-order valence-electron chi connectivity index (χ0n) is 17.1. The van der Waals surface area contributed by atoms with Crippen LogP contribution < -0.4 is 15.5 Å². The Labute approximate surface area is 189 Å². The molecule has 3 rings (SSSR count). The molecule has 3 heterocycles. The predicted molar refractivity (Wildman–Crippen MR) is 129 cm³/mol. The molecule has 1 aliphatic rings. The first kappa shape index (κ1) is 23.0. The van der Waals surface area contributed by atoms with Gasteiger partial charge < -0.3 is 20.4 Å². The number of aliphatic imine (C=N–C) groups is 1. The average molecular weight is 517 g/mol. The maximum atomic E-state index is 4.42. The van der Waals surface area contributed by atoms with Gasteiger partial charge >= 0.3 is 0 Å². The molecule has 28 heavy (non-hydrogen) atoms. The van der Waals surface area contributed by atoms with E-state index in [1.54, 1.807) is 0 Å². The number of halogens is 1. The third kappa shape index (κ3) is 6.08. The van der Waals surface area contributed by atoms with Crippen LogP contribution in [0.25, 0.3) is 0 Å². The molecule has 2 aromatic rings. The third-order valence-corrected chi connectivity index (χ3v) is 6.00. The fourth-order valence-electron chi connectivity index (χ4n) is 3.49. The van der Waals surface area contributed by atoms with Crippen molar-refractivity contribution in [2.45, 2.75) is 24.9 Å². The van der Waals surface area contributed by atoms with Gasteiger partial charge in [0.25, 0.3) is 0 Å². The van der Waals surface area contributed by atoms with E-state index in [9.17, 15) is 0 Å². The van der Waals surface area contributed by atoms with Crippen LogP contribution in [-0.2, 0) is 7.05 Å². The Hall–Kier alpha value is -1.33. The number of nitrogens with zero attached hydrogens (tertiary/aromatic N) is 5. The van der Waals surface area contributed by atoms with Crippen LogP contribution in [0.2, 0.25) is 0 Å². The lowest BCUT2D eigenvalue weighted by Crippen LogP contribution is -2.49. The molecule has 0 aromatic carbocycles. The first-order chi connectivity index (χ1) is 13.1. The Bertz CT molecular complexity index is 720. The van der Waals surface area contributed by atoms with E-state index in [2.05, 4.69) is 68.3 Å². The number of likely N-dealkylation sites (N-methyl/N-ethyl adjacent to an activating group) is 1. The number of guanidine groups is 1. The van der Waals surface area contributed by atoms with E-state index in [0.717, 1.165) is 38.4 Å². The largest absolute Gasteiger partial charge is 0.363 e. The number of anilines is 1. The van der Waals surface area contributed by atoms with Crippen molar-refractivity contribution in [2.75, 3.05) is 45.7 Å². The van der Waals surface area contributed by atoms with Crippen molar-refractivity contribution in [3.05, 3.63) is 35.5 Å². The summed E-state index contributed by atoms with van der Waals surface area (Å²) < 4.78 is 1.85. The normalized spacial score (nSPS) is 16.8. The van der Waals surface area contributed by atoms with Gasteiger partial charge in [0, 0.05) is 51.5 Å². The molecule has 0 bridgehead atoms. The van der Waals surface area contributed by atoms with Gasteiger partial charge in [-0.3, -0.25) is 9.67 Å². The Kier molecular flexibility index (Phi) is 9.03. The second-order valence-electron chi connectivity index (χ2n) is 7.24. The minimum absolute atomic E-state index is 0. The van der Waals surface area contributed by atoms with E-state index < -0.39 is 0 Å². The maximum absolute atomic E-state index is 4.42. The molecular weight excluding hydrogens is 485 g/mol. The molecule has 7 nitrogen and oxygen atoms in total. The topological polar surface area (TPSA) is 60.7 Å². The van der Waals surface area contributed by atoms with Gasteiger partial charge in [0.2, 0.25) is 0 Å². The summed E-state index contributed by atoms with van der Waals surface area (Å²) in [5, 5.41) is 14.9. The second kappa shape index (κ2) is 11.0. The van der Waals surface area contributed by atoms with E-state index >= 15 is 0 Å². The number of aromatic nitrogens is 2. The first-order valence-corrected chi connectivity index (χ1v) is 10.4. The summed E-state index contributed by atoms with van der Waals surface area (Å²) in [4.78, 5) is 9.11. The van der Waals surface area contributed by atoms with Crippen molar-refractivity contribution in [1.29, 1.82) is 0 Å². The van der Waals surface area contributed by atoms with Crippen LogP contribution in [-0.4, -0.2) is 67.5 Å². The molecule has 1 saturated heterocycles. The molecule has 0 spiro atoms. The standard InChI is InChI=1S/C19H31N7S.HI/c1-20-19(21-13-17(24(2)3)15-12-22-25(4)14-15)23-16-7-9-26(10-8-16)18-6-5-11-27-18;/h5-6,11-12,14,16-17H,7-10,13H2,1-4H3,(H2,20,21,23);1H. The van der Waals surface area contributed by atoms with Crippen molar-refractivity contribution in [3.63, 3.8) is 0 Å². The summed E-state index contributed by atoms with van der Waals surface area (Å²) in [5.74, 6) is 0.875. The first-order valence-electron chi connectivity index (χ1n) is 9.47. The minimum Gasteiger partial charge on any atom is -0.363 e. The molecule has 156 valence electrons. The number of hydrogen-bond donors (Lipinski definition) is 2. The lowest BCUT2D eigenvalue weighted by molar-refractivity contribution is 0.297. The summed E-state index contributed by atoms with van der Waals surface area (Å²) >= 11 is 1.82. The van der Waals surface area contributed by atoms with Crippen molar-refractivity contribution >= 4 is 46.3 Å². The van der Waals surface area contributed by atoms with E-state index in [1.807, 2.05) is 36.3 Å². The quantitative estimate of drug-likeness (QED) is 0.351. The lowest BCUT2D eigenvalue weighted by Gasteiger charge is -2.34. The highest BCUT2D eigenvalue weighted by molar-refractivity contribution is 14.0. The maximum Gasteiger partial charge on any atom is 0.191 e. The number of nitrogens with one attached hydrogen (secondary N) is 2. The minimum atomic E-state index is 0. The molecule has 1 fully saturated rings. The lowest BCUT2D eigenvalue weighted by atomic mass is 10.1. The number of aryl methyl sites for hydroxylation is 1. The molecule has 0 aliphatic carbocycles. The molecule has 0 saturated carbocycles. The van der Waals surface area contributed by atoms with Crippen LogP contribution in [0.15, 0.2) is 34.9 Å². The van der Waals surface area contributed by atoms with E-state index in [4.69, 9.17) is 0 Å². The molecular formula is C19H32IN7S. The molecule has 2 N–H and O–H groups in total. The summed E-state index contributed by atoms with van der Waals surface area (Å²) in [5.41, 5.74) is 1.20. The highest BCUT2D eigenvalue weighted by Gasteiger charge is 2.21. The van der Waals surface area contributed by atoms with E-state index in [1.165, 1.54) is 10.6 Å². The third-order valence-electron chi connectivity index (χ3n) is 5.07. The molecule has 9 heteroatoms. The summed E-state index contributed by atoms with van der Waals surface area (Å²) in [7, 11) is 7.98. The molecule has 1 aliphatic heterocycles. The fraction of sp³-hybridized carbons (Fsp3) is 0.579. The van der Waals surface area contributed by atoms with E-state index in [0.29, 0.717) is 6.04 Å². The van der Waals surface area contributed by atoms with Crippen molar-refractivity contribution in [1.82, 2.24) is 25.3 Å². The second-order valence-corrected chi connectivity index (χ2v) is 8.16. The zero-order valence-corrected chi connectivity index (χ0v) is 20.3. The van der Waals surface area contributed by atoms with Gasteiger partial charge in [0.05, 0.1) is 17.2 Å². The molecule has 0 amide bonds. The van der Waals surface area contributed by atoms with Gasteiger partial charge in [-0.2, -0.15) is 5.10 Å². The van der Waals surface area contributed by atoms with Crippen molar-refractivity contribution in [3.8, 4) is 0 Å². The Morgan fingerprint density at radius 1 is 1.39 bits per heavy atom. The van der Waals surface area contributed by atoms with Crippen LogP contribution in [0, 0.1) is 0 Å². The number of hydrogen-bond acceptors (Lipinski definition) is 5. The van der Waals surface area contributed by atoms with Crippen molar-refractivity contribution < 1.29 is 0 Å². The van der Waals surface area contributed by atoms with Crippen LogP contribution in [0.4, 0.5) is 5.00 Å². The Balaban J connectivity index is 0.00000280. The highest BCUT2D eigenvalue weighted by atomic mass is 127. The summed E-state index contributed by atoms with van der Waals surface area (Å²) in [6.45, 7) is 2.96. The Morgan fingerprint density at radius 3 is 2.68 bits per heavy atom. The van der Waals surface area contributed by atoms with Gasteiger partial charge in [0.1, 0.15) is 0 Å². The van der Waals surface area contributed by atoms with Crippen LogP contribution in [0.3, 0.4) is 0 Å². The monoisotopic (exact) mass is 517 g/mol. The van der Waals surface area contributed by atoms with Crippen LogP contribution >= 0.6 is 35.3 Å². The number of piperidine rings is 1. The molecule has 1 atom stereocenters. The van der Waals surface area contributed by atoms with Gasteiger partial charge in [-0.25, -0.2) is 0 Å². The molecule has 0 radical (unpaired) electrons. The Morgan fingerprint density at radius 2 is 2.14 bits per heavy atom. The summed E-state index contributed by atoms with van der Waals surface area (Å²) in [6, 6.07) is 5.04. The van der Waals surface area contributed by atoms with Gasteiger partial charge in [0.15, 0.2) is 5.96 Å². The summed E-state index contributed by atoms with van der Waals surface area (Å²) in [6.07, 6.45) is 6.25. The molecule has 2 aromatic heterocycles. The average Bonchev–Trinajstić information content (AvgIpc) is 3.33. The van der Waals surface area contributed by atoms with Gasteiger partial charge in [-0.15, -0.1) is 35.3 Å². The smallest absolute Gasteiger partial charge is 0.191 e. The fourth-order valence-corrected chi connectivity index (χ4v) is 4.27. The molecule has 1 unspecified atom stereocenters. The number of thiophene rings is 1. The van der Waals surface area contributed by atoms with Gasteiger partial charge in [-0.05, 0) is 44.4 Å². The zero-order chi connectivity index (χ0) is 19.2. The van der Waals surface area contributed by atoms with E-state index in [-0.39, 0.29) is 30.0 Å². The SMILES string of the molecule is CN=C(NCC(c1cnn(C)c1)N(C)C)NC1CCN(c2cccs2)CC1.I.